The first-order chi connectivity index (χ1) is 20.0. The van der Waals surface area contributed by atoms with Gasteiger partial charge >= 0.3 is 0 Å². The molecule has 3 aromatic rings. The maximum absolute atomic E-state index is 14.0. The van der Waals surface area contributed by atoms with Crippen molar-refractivity contribution in [3.8, 4) is 0 Å². The van der Waals surface area contributed by atoms with E-state index < -0.39 is 34.3 Å². The second-order valence-electron chi connectivity index (χ2n) is 10.6. The molecule has 3 aromatic carbocycles. The zero-order chi connectivity index (χ0) is 30.4. The van der Waals surface area contributed by atoms with Crippen molar-refractivity contribution < 1.29 is 22.4 Å². The summed E-state index contributed by atoms with van der Waals surface area (Å²) in [6.07, 6.45) is 4.90. The molecule has 0 unspecified atom stereocenters. The first-order valence-electron chi connectivity index (χ1n) is 13.8. The lowest BCUT2D eigenvalue weighted by atomic mass is 9.95. The van der Waals surface area contributed by atoms with Crippen molar-refractivity contribution in [3.63, 3.8) is 0 Å². The number of rotatable bonds is 10. The molecule has 0 spiro atoms. The summed E-state index contributed by atoms with van der Waals surface area (Å²) in [5.41, 5.74) is 1.59. The minimum absolute atomic E-state index is 0.0171. The van der Waals surface area contributed by atoms with Crippen LogP contribution in [0.2, 0.25) is 10.0 Å². The van der Waals surface area contributed by atoms with E-state index in [-0.39, 0.29) is 34.1 Å². The van der Waals surface area contributed by atoms with Crippen molar-refractivity contribution >= 4 is 50.7 Å². The van der Waals surface area contributed by atoms with Crippen LogP contribution in [-0.4, -0.2) is 43.8 Å². The van der Waals surface area contributed by atoms with Crippen LogP contribution >= 0.6 is 23.2 Å². The second kappa shape index (κ2) is 13.9. The predicted octanol–water partition coefficient (Wildman–Crippen LogP) is 6.50. The van der Waals surface area contributed by atoms with Crippen molar-refractivity contribution in [2.75, 3.05) is 10.8 Å². The predicted molar refractivity (Wildman–Crippen MR) is 164 cm³/mol. The van der Waals surface area contributed by atoms with Crippen molar-refractivity contribution in [2.45, 2.75) is 69.5 Å². The van der Waals surface area contributed by atoms with Crippen LogP contribution in [0.3, 0.4) is 0 Å². The van der Waals surface area contributed by atoms with Crippen molar-refractivity contribution in [1.82, 2.24) is 10.2 Å². The largest absolute Gasteiger partial charge is 0.352 e. The molecule has 2 amide bonds. The molecule has 42 heavy (non-hydrogen) atoms. The Balaban J connectivity index is 1.68. The average Bonchev–Trinajstić information content (AvgIpc) is 2.97. The molecule has 1 fully saturated rings. The highest BCUT2D eigenvalue weighted by molar-refractivity contribution is 7.92. The fourth-order valence-electron chi connectivity index (χ4n) is 4.96. The van der Waals surface area contributed by atoms with Crippen molar-refractivity contribution in [3.05, 3.63) is 93.7 Å². The number of aryl methyl sites for hydroxylation is 1. The van der Waals surface area contributed by atoms with Gasteiger partial charge in [0, 0.05) is 12.6 Å². The van der Waals surface area contributed by atoms with Crippen LogP contribution in [0.1, 0.15) is 50.2 Å². The Hall–Kier alpha value is -3.14. The van der Waals surface area contributed by atoms with E-state index in [9.17, 15) is 22.4 Å². The first-order valence-corrected chi connectivity index (χ1v) is 16.0. The number of amides is 2. The number of hydrogen-bond acceptors (Lipinski definition) is 4. The second-order valence-corrected chi connectivity index (χ2v) is 13.3. The molecule has 0 heterocycles. The van der Waals surface area contributed by atoms with Crippen molar-refractivity contribution in [1.29, 1.82) is 0 Å². The lowest BCUT2D eigenvalue weighted by Gasteiger charge is -2.33. The molecule has 11 heteroatoms. The van der Waals surface area contributed by atoms with E-state index in [1.165, 1.54) is 29.2 Å². The average molecular weight is 635 g/mol. The Morgan fingerprint density at radius 3 is 2.21 bits per heavy atom. The molecule has 224 valence electrons. The first kappa shape index (κ1) is 31.8. The number of benzene rings is 3. The third-order valence-corrected chi connectivity index (χ3v) is 9.99. The summed E-state index contributed by atoms with van der Waals surface area (Å²) in [4.78, 5) is 28.7. The molecule has 0 saturated heterocycles. The van der Waals surface area contributed by atoms with Crippen LogP contribution in [0.5, 0.6) is 0 Å². The van der Waals surface area contributed by atoms with Gasteiger partial charge in [-0.15, -0.1) is 0 Å². The van der Waals surface area contributed by atoms with Crippen LogP contribution in [-0.2, 0) is 26.2 Å². The van der Waals surface area contributed by atoms with E-state index in [1.807, 2.05) is 6.92 Å². The number of carbonyl (C=O) groups excluding carboxylic acids is 2. The molecule has 0 aromatic heterocycles. The number of hydrogen-bond donors (Lipinski definition) is 1. The summed E-state index contributed by atoms with van der Waals surface area (Å²) in [5, 5.41) is 3.69. The Labute approximate surface area is 256 Å². The quantitative estimate of drug-likeness (QED) is 0.276. The van der Waals surface area contributed by atoms with Gasteiger partial charge in [-0.3, -0.25) is 13.9 Å². The van der Waals surface area contributed by atoms with Gasteiger partial charge < -0.3 is 10.2 Å². The molecule has 0 bridgehead atoms. The smallest absolute Gasteiger partial charge is 0.264 e. The van der Waals surface area contributed by atoms with E-state index in [2.05, 4.69) is 5.32 Å². The number of carbonyl (C=O) groups is 2. The number of sulfonamides is 1. The molecular weight excluding hydrogens is 600 g/mol. The molecular formula is C31H34Cl2FN3O4S. The molecule has 4 rings (SSSR count). The summed E-state index contributed by atoms with van der Waals surface area (Å²) in [6.45, 7) is 2.81. The number of nitrogens with one attached hydrogen (secondary N) is 1. The Morgan fingerprint density at radius 1 is 0.952 bits per heavy atom. The van der Waals surface area contributed by atoms with E-state index >= 15 is 0 Å². The fourth-order valence-corrected chi connectivity index (χ4v) is 6.69. The molecule has 1 atom stereocenters. The SMILES string of the molecule is Cc1ccc(S(=O)(=O)N(CC(=O)N(Cc2ccc(Cl)c(Cl)c2)[C@@H](C)C(=O)NC2CCCCC2)c2ccc(F)cc2)cc1. The van der Waals surface area contributed by atoms with E-state index in [0.717, 1.165) is 54.1 Å². The Morgan fingerprint density at radius 2 is 1.60 bits per heavy atom. The summed E-state index contributed by atoms with van der Waals surface area (Å²) in [5.74, 6) is -1.50. The lowest BCUT2D eigenvalue weighted by molar-refractivity contribution is -0.139. The highest BCUT2D eigenvalue weighted by Crippen LogP contribution is 2.27. The van der Waals surface area contributed by atoms with Crippen LogP contribution in [0, 0.1) is 12.7 Å². The number of anilines is 1. The number of halogens is 3. The topological polar surface area (TPSA) is 86.8 Å². The maximum Gasteiger partial charge on any atom is 0.264 e. The van der Waals surface area contributed by atoms with Crippen LogP contribution in [0.4, 0.5) is 10.1 Å². The third kappa shape index (κ3) is 7.82. The number of nitrogens with zero attached hydrogens (tertiary/aromatic N) is 2. The normalized spacial score (nSPS) is 14.7. The summed E-state index contributed by atoms with van der Waals surface area (Å²) >= 11 is 12.3. The third-order valence-electron chi connectivity index (χ3n) is 7.46. The Bertz CT molecular complexity index is 1510. The molecule has 1 saturated carbocycles. The van der Waals surface area contributed by atoms with E-state index in [1.54, 1.807) is 37.3 Å². The van der Waals surface area contributed by atoms with E-state index in [0.29, 0.717) is 10.6 Å². The van der Waals surface area contributed by atoms with Gasteiger partial charge in [0.15, 0.2) is 0 Å². The highest BCUT2D eigenvalue weighted by Gasteiger charge is 2.33. The van der Waals surface area contributed by atoms with Gasteiger partial charge in [-0.1, -0.05) is 66.2 Å². The highest BCUT2D eigenvalue weighted by atomic mass is 35.5. The lowest BCUT2D eigenvalue weighted by Crippen LogP contribution is -2.53. The monoisotopic (exact) mass is 633 g/mol. The minimum Gasteiger partial charge on any atom is -0.352 e. The Kier molecular flexibility index (Phi) is 10.5. The molecule has 0 radical (unpaired) electrons. The zero-order valence-electron chi connectivity index (χ0n) is 23.5. The molecule has 0 aliphatic heterocycles. The standard InChI is InChI=1S/C31H34Cl2FN3O4S/c1-21-8-15-27(16-9-21)42(40,41)37(26-13-11-24(34)12-14-26)20-30(38)36(19-23-10-17-28(32)29(33)18-23)22(2)31(39)35-25-6-4-3-5-7-25/h8-18,22,25H,3-7,19-20H2,1-2H3,(H,35,39)/t22-/m0/s1. The molecule has 1 aliphatic carbocycles. The van der Waals surface area contributed by atoms with Crippen LogP contribution in [0.25, 0.3) is 0 Å². The van der Waals surface area contributed by atoms with Gasteiger partial charge in [-0.2, -0.15) is 0 Å². The molecule has 1 N–H and O–H groups in total. The van der Waals surface area contributed by atoms with Crippen LogP contribution < -0.4 is 9.62 Å². The van der Waals surface area contributed by atoms with Crippen molar-refractivity contribution in [2.24, 2.45) is 0 Å². The zero-order valence-corrected chi connectivity index (χ0v) is 25.9. The summed E-state index contributed by atoms with van der Waals surface area (Å²) in [6, 6.07) is 15.1. The van der Waals surface area contributed by atoms with Gasteiger partial charge in [0.1, 0.15) is 18.4 Å². The van der Waals surface area contributed by atoms with Gasteiger partial charge in [-0.05, 0) is 80.8 Å². The fraction of sp³-hybridized carbons (Fsp3) is 0.355. The van der Waals surface area contributed by atoms with Gasteiger partial charge in [0.25, 0.3) is 10.0 Å². The maximum atomic E-state index is 14.0. The molecule has 1 aliphatic rings. The molecule has 7 nitrogen and oxygen atoms in total. The van der Waals surface area contributed by atoms with Gasteiger partial charge in [0.2, 0.25) is 11.8 Å². The van der Waals surface area contributed by atoms with Crippen LogP contribution in [0.15, 0.2) is 71.6 Å². The summed E-state index contributed by atoms with van der Waals surface area (Å²) < 4.78 is 42.4. The van der Waals surface area contributed by atoms with Gasteiger partial charge in [-0.25, -0.2) is 12.8 Å². The summed E-state index contributed by atoms with van der Waals surface area (Å²) in [7, 11) is -4.24. The van der Waals surface area contributed by atoms with E-state index in [4.69, 9.17) is 23.2 Å². The van der Waals surface area contributed by atoms with Gasteiger partial charge in [0.05, 0.1) is 20.6 Å². The minimum atomic E-state index is -4.24.